The number of benzene rings is 1. The smallest absolute Gasteiger partial charge is 0.474 e. The summed E-state index contributed by atoms with van der Waals surface area (Å²) in [5.41, 5.74) is 0.346. The Labute approximate surface area is 126 Å². The third-order valence-corrected chi connectivity index (χ3v) is 5.42. The van der Waals surface area contributed by atoms with Crippen molar-refractivity contribution in [2.75, 3.05) is 13.7 Å². The minimum Gasteiger partial charge on any atom is -0.497 e. The van der Waals surface area contributed by atoms with Gasteiger partial charge in [0.1, 0.15) is 5.75 Å². The maximum Gasteiger partial charge on any atom is 0.474 e. The number of aliphatic hydroxyl groups is 1. The van der Waals surface area contributed by atoms with Crippen LogP contribution < -0.4 is 4.74 Å². The fourth-order valence-corrected chi connectivity index (χ4v) is 3.10. The largest absolute Gasteiger partial charge is 0.497 e. The molecule has 0 fully saturated rings. The van der Waals surface area contributed by atoms with E-state index in [2.05, 4.69) is 19.6 Å². The summed E-state index contributed by atoms with van der Waals surface area (Å²) >= 11 is 0. The highest BCUT2D eigenvalue weighted by molar-refractivity contribution is 7.47. The number of aliphatic hydroxyl groups excluding tert-OH is 1. The van der Waals surface area contributed by atoms with Crippen LogP contribution >= 0.6 is 7.82 Å². The molecule has 1 rings (SSSR count). The molecule has 8 heteroatoms. The molecule has 1 aromatic carbocycles. The van der Waals surface area contributed by atoms with E-state index in [9.17, 15) is 14.6 Å². The van der Waals surface area contributed by atoms with Gasteiger partial charge in [-0.2, -0.15) is 0 Å². The molecule has 6 nitrogen and oxygen atoms in total. The van der Waals surface area contributed by atoms with E-state index in [0.717, 1.165) is 6.04 Å². The molecule has 2 N–H and O–H groups in total. The quantitative estimate of drug-likeness (QED) is 0.431. The van der Waals surface area contributed by atoms with Crippen LogP contribution in [0.25, 0.3) is 0 Å². The Morgan fingerprint density at radius 3 is 2.29 bits per heavy atom. The maximum atomic E-state index is 11.7. The molecule has 120 valence electrons. The number of methoxy groups -OCH3 is 1. The van der Waals surface area contributed by atoms with E-state index in [0.29, 0.717) is 11.3 Å². The minimum atomic E-state index is -4.28. The number of rotatable bonds is 8. The molecule has 1 aromatic rings. The van der Waals surface area contributed by atoms with Crippen molar-refractivity contribution in [1.29, 1.82) is 0 Å². The summed E-state index contributed by atoms with van der Waals surface area (Å²) in [5.74, 6) is 0.615. The van der Waals surface area contributed by atoms with Crippen LogP contribution in [0.15, 0.2) is 24.3 Å². The fraction of sp³-hybridized carbons (Fsp3) is 0.538. The van der Waals surface area contributed by atoms with Crippen LogP contribution in [-0.4, -0.2) is 31.8 Å². The van der Waals surface area contributed by atoms with Crippen LogP contribution in [-0.2, 0) is 13.6 Å². The lowest BCUT2D eigenvalue weighted by Gasteiger charge is -2.19. The number of hydrogen-bond donors (Lipinski definition) is 2. The van der Waals surface area contributed by atoms with Crippen LogP contribution in [0.1, 0.15) is 11.9 Å². The Kier molecular flexibility index (Phi) is 6.59. The van der Waals surface area contributed by atoms with Gasteiger partial charge in [-0.1, -0.05) is 31.8 Å². The van der Waals surface area contributed by atoms with E-state index in [1.54, 1.807) is 24.3 Å². The number of phosphoric acid groups is 1. The Bertz CT molecular complexity index is 484. The lowest BCUT2D eigenvalue weighted by molar-refractivity contribution is -0.0441. The molecule has 0 aliphatic carbocycles. The highest BCUT2D eigenvalue weighted by Crippen LogP contribution is 2.47. The molecule has 0 heterocycles. The van der Waals surface area contributed by atoms with Crippen molar-refractivity contribution >= 4 is 15.9 Å². The van der Waals surface area contributed by atoms with Crippen molar-refractivity contribution in [3.63, 3.8) is 0 Å². The first-order valence-electron chi connectivity index (χ1n) is 6.61. The molecular weight excluding hydrogens is 311 g/mol. The zero-order valence-electron chi connectivity index (χ0n) is 12.8. The van der Waals surface area contributed by atoms with Gasteiger partial charge in [0, 0.05) is 13.6 Å². The fourth-order valence-electron chi connectivity index (χ4n) is 1.45. The third-order valence-electron chi connectivity index (χ3n) is 2.74. The van der Waals surface area contributed by atoms with Gasteiger partial charge in [0.25, 0.3) is 0 Å². The number of phosphoric ester groups is 1. The van der Waals surface area contributed by atoms with Gasteiger partial charge in [-0.25, -0.2) is 4.57 Å². The van der Waals surface area contributed by atoms with Crippen molar-refractivity contribution in [2.45, 2.75) is 32.0 Å². The number of ether oxygens (including phenoxy) is 1. The third kappa shape index (κ3) is 7.22. The molecule has 21 heavy (non-hydrogen) atoms. The van der Waals surface area contributed by atoms with Crippen molar-refractivity contribution < 1.29 is 28.3 Å². The Hall–Kier alpha value is -0.693. The summed E-state index contributed by atoms with van der Waals surface area (Å²) in [4.78, 5) is 9.59. The second kappa shape index (κ2) is 7.53. The predicted octanol–water partition coefficient (Wildman–Crippen LogP) is 3.16. The molecule has 0 saturated carbocycles. The Balaban J connectivity index is 2.54. The van der Waals surface area contributed by atoms with Crippen molar-refractivity contribution in [3.05, 3.63) is 29.8 Å². The first kappa shape index (κ1) is 18.4. The number of hydrogen-bond acceptors (Lipinski definition) is 5. The van der Waals surface area contributed by atoms with Crippen LogP contribution in [0.3, 0.4) is 0 Å². The van der Waals surface area contributed by atoms with E-state index in [-0.39, 0.29) is 6.61 Å². The molecule has 0 spiro atoms. The molecule has 0 aromatic heterocycles. The van der Waals surface area contributed by atoms with Crippen molar-refractivity contribution in [3.8, 4) is 5.75 Å². The highest BCUT2D eigenvalue weighted by atomic mass is 31.2. The average Bonchev–Trinajstić information content (AvgIpc) is 2.36. The van der Waals surface area contributed by atoms with Crippen LogP contribution in [0.5, 0.6) is 5.75 Å². The van der Waals surface area contributed by atoms with E-state index in [1.807, 2.05) is 0 Å². The van der Waals surface area contributed by atoms with E-state index in [4.69, 9.17) is 13.8 Å². The second-order valence-corrected chi connectivity index (χ2v) is 12.9. The minimum absolute atomic E-state index is 0.138. The summed E-state index contributed by atoms with van der Waals surface area (Å²) in [6.45, 7) is 6.53. The van der Waals surface area contributed by atoms with Gasteiger partial charge in [0.2, 0.25) is 0 Å². The van der Waals surface area contributed by atoms with Crippen LogP contribution in [0.4, 0.5) is 0 Å². The zero-order valence-corrected chi connectivity index (χ0v) is 14.7. The van der Waals surface area contributed by atoms with Gasteiger partial charge >= 0.3 is 7.82 Å². The van der Waals surface area contributed by atoms with Gasteiger partial charge in [0.05, 0.1) is 13.7 Å². The maximum absolute atomic E-state index is 11.7. The van der Waals surface area contributed by atoms with Crippen molar-refractivity contribution in [2.24, 2.45) is 0 Å². The normalized spacial score (nSPS) is 16.3. The standard InChI is InChI=1S/C13H23O6PSi/c1-17-12-7-5-11(6-8-12)13(14)19-20(15,16)18-9-10-21(2,3)4/h5-8,13-14H,9-10H2,1-4H3,(H,15,16). The molecule has 0 bridgehead atoms. The highest BCUT2D eigenvalue weighted by Gasteiger charge is 2.27. The Morgan fingerprint density at radius 1 is 1.24 bits per heavy atom. The molecule has 0 saturated heterocycles. The Morgan fingerprint density at radius 2 is 1.81 bits per heavy atom. The van der Waals surface area contributed by atoms with Gasteiger partial charge in [0.15, 0.2) is 6.29 Å². The summed E-state index contributed by atoms with van der Waals surface area (Å²) in [6, 6.07) is 7.07. The van der Waals surface area contributed by atoms with Crippen LogP contribution in [0.2, 0.25) is 25.7 Å². The molecule has 0 radical (unpaired) electrons. The summed E-state index contributed by atoms with van der Waals surface area (Å²) in [5, 5.41) is 9.81. The SMILES string of the molecule is COc1ccc(C(O)OP(=O)(O)OCC[Si](C)(C)C)cc1. The van der Waals surface area contributed by atoms with Gasteiger partial charge in [-0.3, -0.25) is 9.05 Å². The second-order valence-electron chi connectivity index (χ2n) is 5.84. The molecule has 0 aliphatic heterocycles. The first-order chi connectivity index (χ1) is 9.63. The van der Waals surface area contributed by atoms with E-state index >= 15 is 0 Å². The van der Waals surface area contributed by atoms with Crippen LogP contribution in [0, 0.1) is 0 Å². The lowest BCUT2D eigenvalue weighted by atomic mass is 10.2. The molecule has 0 amide bonds. The topological polar surface area (TPSA) is 85.2 Å². The summed E-state index contributed by atoms with van der Waals surface area (Å²) in [6.07, 6.45) is -1.53. The van der Waals surface area contributed by atoms with E-state index in [1.165, 1.54) is 7.11 Å². The van der Waals surface area contributed by atoms with Gasteiger partial charge < -0.3 is 14.7 Å². The molecule has 2 atom stereocenters. The molecular formula is C13H23O6PSi. The predicted molar refractivity (Wildman–Crippen MR) is 83.0 cm³/mol. The zero-order chi connectivity index (χ0) is 16.1. The van der Waals surface area contributed by atoms with Gasteiger partial charge in [-0.05, 0) is 18.2 Å². The average molecular weight is 334 g/mol. The van der Waals surface area contributed by atoms with E-state index < -0.39 is 22.2 Å². The van der Waals surface area contributed by atoms with Gasteiger partial charge in [-0.15, -0.1) is 0 Å². The molecule has 0 aliphatic rings. The molecule has 2 unspecified atom stereocenters. The summed E-state index contributed by atoms with van der Waals surface area (Å²) < 4.78 is 26.3. The monoisotopic (exact) mass is 334 g/mol. The first-order valence-corrected chi connectivity index (χ1v) is 11.8. The lowest BCUT2D eigenvalue weighted by Crippen LogP contribution is -2.21. The van der Waals surface area contributed by atoms with Crippen molar-refractivity contribution in [1.82, 2.24) is 0 Å². The summed E-state index contributed by atoms with van der Waals surface area (Å²) in [7, 11) is -4.11.